The number of nitrogens with zero attached hydrogens (tertiary/aromatic N) is 1. The fourth-order valence-corrected chi connectivity index (χ4v) is 3.87. The molecular formula is C22H26N2O3S. The minimum atomic E-state index is -0.592. The molecular weight excluding hydrogens is 372 g/mol. The Labute approximate surface area is 169 Å². The first-order chi connectivity index (χ1) is 13.2. The minimum Gasteiger partial charge on any atom is -0.481 e. The first kappa shape index (κ1) is 20.1. The normalized spacial score (nSPS) is 12.8. The van der Waals surface area contributed by atoms with Crippen molar-refractivity contribution >= 4 is 33.1 Å². The van der Waals surface area contributed by atoms with Crippen molar-refractivity contribution in [2.24, 2.45) is 7.05 Å². The summed E-state index contributed by atoms with van der Waals surface area (Å²) in [5.41, 5.74) is 2.80. The van der Waals surface area contributed by atoms with Crippen LogP contribution in [0, 0.1) is 0 Å². The molecule has 0 saturated carbocycles. The van der Waals surface area contributed by atoms with Gasteiger partial charge in [-0.25, -0.2) is 0 Å². The molecule has 1 amide bonds. The van der Waals surface area contributed by atoms with Crippen LogP contribution in [0.5, 0.6) is 5.75 Å². The number of nitrogens with one attached hydrogen (secondary N) is 1. The molecule has 0 unspecified atom stereocenters. The van der Waals surface area contributed by atoms with Gasteiger partial charge < -0.3 is 14.6 Å². The van der Waals surface area contributed by atoms with Gasteiger partial charge in [0, 0.05) is 12.7 Å². The zero-order valence-corrected chi connectivity index (χ0v) is 17.7. The molecule has 28 heavy (non-hydrogen) atoms. The van der Waals surface area contributed by atoms with Gasteiger partial charge in [0.25, 0.3) is 5.91 Å². The maximum Gasteiger partial charge on any atom is 0.307 e. The molecule has 0 spiro atoms. The monoisotopic (exact) mass is 398 g/mol. The molecule has 1 N–H and O–H groups in total. The maximum atomic E-state index is 12.7. The van der Waals surface area contributed by atoms with E-state index in [4.69, 9.17) is 4.74 Å². The number of ether oxygens (including phenoxy) is 1. The molecule has 1 atom stereocenters. The van der Waals surface area contributed by atoms with Gasteiger partial charge in [-0.1, -0.05) is 51.2 Å². The molecule has 2 aromatic carbocycles. The second kappa shape index (κ2) is 7.80. The summed E-state index contributed by atoms with van der Waals surface area (Å²) in [6, 6.07) is 13.3. The highest BCUT2D eigenvalue weighted by molar-refractivity contribution is 7.16. The number of aromatic nitrogens is 1. The van der Waals surface area contributed by atoms with E-state index in [9.17, 15) is 9.59 Å². The summed E-state index contributed by atoms with van der Waals surface area (Å²) < 4.78 is 8.36. The van der Waals surface area contributed by atoms with E-state index >= 15 is 0 Å². The zero-order valence-electron chi connectivity index (χ0n) is 16.9. The molecule has 1 heterocycles. The van der Waals surface area contributed by atoms with Crippen molar-refractivity contribution in [2.75, 3.05) is 5.32 Å². The number of carbonyl (C=O) groups is 1. The van der Waals surface area contributed by atoms with E-state index in [1.165, 1.54) is 5.56 Å². The van der Waals surface area contributed by atoms with Crippen LogP contribution < -0.4 is 14.9 Å². The third-order valence-corrected chi connectivity index (χ3v) is 5.72. The predicted molar refractivity (Wildman–Crippen MR) is 116 cm³/mol. The smallest absolute Gasteiger partial charge is 0.307 e. The second-order valence-electron chi connectivity index (χ2n) is 7.89. The summed E-state index contributed by atoms with van der Waals surface area (Å²) >= 11 is 1.16. The van der Waals surface area contributed by atoms with Crippen molar-refractivity contribution in [1.82, 2.24) is 4.57 Å². The summed E-state index contributed by atoms with van der Waals surface area (Å²) in [7, 11) is 1.74. The van der Waals surface area contributed by atoms with Gasteiger partial charge in [-0.05, 0) is 47.7 Å². The Morgan fingerprint density at radius 3 is 2.46 bits per heavy atom. The van der Waals surface area contributed by atoms with Gasteiger partial charge in [0.15, 0.2) is 6.10 Å². The zero-order chi connectivity index (χ0) is 20.5. The van der Waals surface area contributed by atoms with Crippen LogP contribution in [0.25, 0.3) is 10.2 Å². The van der Waals surface area contributed by atoms with Crippen molar-refractivity contribution in [3.05, 3.63) is 57.7 Å². The number of aryl methyl sites for hydroxylation is 1. The quantitative estimate of drug-likeness (QED) is 0.678. The average Bonchev–Trinajstić information content (AvgIpc) is 2.92. The van der Waals surface area contributed by atoms with Gasteiger partial charge in [0.05, 0.1) is 10.2 Å². The van der Waals surface area contributed by atoms with E-state index in [0.29, 0.717) is 17.9 Å². The van der Waals surface area contributed by atoms with E-state index in [2.05, 4.69) is 26.1 Å². The second-order valence-corrected chi connectivity index (χ2v) is 8.88. The molecule has 6 heteroatoms. The molecule has 0 aliphatic heterocycles. The molecule has 0 aliphatic rings. The largest absolute Gasteiger partial charge is 0.481 e. The number of fused-ring (bicyclic) bond motifs is 1. The third-order valence-electron chi connectivity index (χ3n) is 4.72. The first-order valence-corrected chi connectivity index (χ1v) is 10.2. The number of hydrogen-bond donors (Lipinski definition) is 1. The van der Waals surface area contributed by atoms with Gasteiger partial charge in [-0.2, -0.15) is 0 Å². The molecule has 0 aliphatic carbocycles. The minimum absolute atomic E-state index is 0.0213. The number of benzene rings is 2. The topological polar surface area (TPSA) is 60.3 Å². The summed E-state index contributed by atoms with van der Waals surface area (Å²) in [5, 5.41) is 2.90. The van der Waals surface area contributed by atoms with Crippen LogP contribution in [0.1, 0.15) is 39.7 Å². The maximum absolute atomic E-state index is 12.7. The van der Waals surface area contributed by atoms with Gasteiger partial charge in [-0.15, -0.1) is 0 Å². The molecule has 0 saturated heterocycles. The molecule has 148 valence electrons. The van der Waals surface area contributed by atoms with Gasteiger partial charge in [0.1, 0.15) is 5.75 Å². The van der Waals surface area contributed by atoms with Crippen molar-refractivity contribution in [3.8, 4) is 5.75 Å². The molecule has 3 aromatic rings. The third kappa shape index (κ3) is 4.28. The number of anilines is 1. The van der Waals surface area contributed by atoms with E-state index in [1.54, 1.807) is 17.7 Å². The van der Waals surface area contributed by atoms with Crippen LogP contribution in [0.15, 0.2) is 47.3 Å². The highest BCUT2D eigenvalue weighted by Crippen LogP contribution is 2.25. The van der Waals surface area contributed by atoms with E-state index < -0.39 is 6.10 Å². The lowest BCUT2D eigenvalue weighted by molar-refractivity contribution is -0.122. The Balaban J connectivity index is 1.72. The molecule has 0 radical (unpaired) electrons. The number of hydrogen-bond acceptors (Lipinski definition) is 4. The predicted octanol–water partition coefficient (Wildman–Crippen LogP) is 4.69. The highest BCUT2D eigenvalue weighted by Gasteiger charge is 2.20. The van der Waals surface area contributed by atoms with Gasteiger partial charge >= 0.3 is 4.87 Å². The Morgan fingerprint density at radius 1 is 1.18 bits per heavy atom. The van der Waals surface area contributed by atoms with Gasteiger partial charge in [-0.3, -0.25) is 9.59 Å². The lowest BCUT2D eigenvalue weighted by Crippen LogP contribution is -2.32. The SMILES string of the molecule is CC[C@H](Oc1ccc(C(C)(C)C)cc1)C(=O)Nc1ccc2c(c1)sc(=O)n2C. The molecule has 0 fully saturated rings. The van der Waals surface area contributed by atoms with Crippen molar-refractivity contribution < 1.29 is 9.53 Å². The van der Waals surface area contributed by atoms with Crippen molar-refractivity contribution in [1.29, 1.82) is 0 Å². The Morgan fingerprint density at radius 2 is 1.86 bits per heavy atom. The van der Waals surface area contributed by atoms with Crippen LogP contribution in [-0.4, -0.2) is 16.6 Å². The van der Waals surface area contributed by atoms with E-state index in [1.807, 2.05) is 43.3 Å². The summed E-state index contributed by atoms with van der Waals surface area (Å²) in [6.45, 7) is 8.39. The Hall–Kier alpha value is -2.60. The molecule has 5 nitrogen and oxygen atoms in total. The fraction of sp³-hybridized carbons (Fsp3) is 0.364. The fourth-order valence-electron chi connectivity index (χ4n) is 2.95. The first-order valence-electron chi connectivity index (χ1n) is 9.36. The lowest BCUT2D eigenvalue weighted by Gasteiger charge is -2.21. The highest BCUT2D eigenvalue weighted by atomic mass is 32.1. The summed E-state index contributed by atoms with van der Waals surface area (Å²) in [5.74, 6) is 0.469. The summed E-state index contributed by atoms with van der Waals surface area (Å²) in [6.07, 6.45) is -0.0426. The van der Waals surface area contributed by atoms with Crippen LogP contribution in [0.4, 0.5) is 5.69 Å². The molecule has 3 rings (SSSR count). The Bertz CT molecular complexity index is 1040. The standard InChI is InChI=1S/C22H26N2O3S/c1-6-18(27-16-10-7-14(8-11-16)22(2,3)4)20(25)23-15-9-12-17-19(13-15)28-21(26)24(17)5/h7-13,18H,6H2,1-5H3,(H,23,25)/t18-/m0/s1. The number of amides is 1. The van der Waals surface area contributed by atoms with Crippen molar-refractivity contribution in [2.45, 2.75) is 45.6 Å². The van der Waals surface area contributed by atoms with Crippen LogP contribution in [0.2, 0.25) is 0 Å². The van der Waals surface area contributed by atoms with Gasteiger partial charge in [0.2, 0.25) is 0 Å². The number of rotatable bonds is 5. The van der Waals surface area contributed by atoms with E-state index in [-0.39, 0.29) is 16.2 Å². The van der Waals surface area contributed by atoms with Crippen molar-refractivity contribution in [3.63, 3.8) is 0 Å². The summed E-state index contributed by atoms with van der Waals surface area (Å²) in [4.78, 5) is 24.5. The Kier molecular flexibility index (Phi) is 5.61. The van der Waals surface area contributed by atoms with Crippen LogP contribution in [0.3, 0.4) is 0 Å². The lowest BCUT2D eigenvalue weighted by atomic mass is 9.87. The number of carbonyl (C=O) groups excluding carboxylic acids is 1. The van der Waals surface area contributed by atoms with Crippen LogP contribution in [-0.2, 0) is 17.3 Å². The number of thiazole rings is 1. The molecule has 1 aromatic heterocycles. The van der Waals surface area contributed by atoms with Crippen LogP contribution >= 0.6 is 11.3 Å². The molecule has 0 bridgehead atoms. The van der Waals surface area contributed by atoms with E-state index in [0.717, 1.165) is 21.6 Å². The average molecular weight is 399 g/mol.